The Bertz CT molecular complexity index is 964. The fourth-order valence-corrected chi connectivity index (χ4v) is 3.63. The maximum Gasteiger partial charge on any atom is 0.257 e. The van der Waals surface area contributed by atoms with E-state index >= 15 is 0 Å². The van der Waals surface area contributed by atoms with Crippen molar-refractivity contribution in [2.24, 2.45) is 0 Å². The van der Waals surface area contributed by atoms with Crippen molar-refractivity contribution in [2.75, 3.05) is 33.3 Å². The first kappa shape index (κ1) is 17.8. The molecule has 0 unspecified atom stereocenters. The van der Waals surface area contributed by atoms with Gasteiger partial charge in [-0.1, -0.05) is 17.7 Å². The van der Waals surface area contributed by atoms with Gasteiger partial charge in [0.15, 0.2) is 0 Å². The fraction of sp³-hybridized carbons (Fsp3) is 0.300. The number of ether oxygens (including phenoxy) is 1. The summed E-state index contributed by atoms with van der Waals surface area (Å²) in [7, 11) is 1.56. The maximum absolute atomic E-state index is 12.9. The lowest BCUT2D eigenvalue weighted by Crippen LogP contribution is -2.48. The van der Waals surface area contributed by atoms with Gasteiger partial charge < -0.3 is 14.0 Å². The van der Waals surface area contributed by atoms with Crippen LogP contribution in [0.1, 0.15) is 16.1 Å². The number of pyridine rings is 1. The molecular formula is C20H21ClN4O2. The molecule has 0 aliphatic carbocycles. The molecule has 0 saturated carbocycles. The van der Waals surface area contributed by atoms with E-state index in [-0.39, 0.29) is 5.91 Å². The highest BCUT2D eigenvalue weighted by atomic mass is 35.5. The van der Waals surface area contributed by atoms with Crippen molar-refractivity contribution in [1.82, 2.24) is 19.2 Å². The van der Waals surface area contributed by atoms with E-state index in [1.807, 2.05) is 35.5 Å². The van der Waals surface area contributed by atoms with Crippen LogP contribution in [0.25, 0.3) is 5.65 Å². The van der Waals surface area contributed by atoms with E-state index in [0.29, 0.717) is 29.4 Å². The van der Waals surface area contributed by atoms with Crippen molar-refractivity contribution >= 4 is 23.2 Å². The van der Waals surface area contributed by atoms with E-state index in [1.54, 1.807) is 25.3 Å². The molecule has 7 heteroatoms. The third-order valence-electron chi connectivity index (χ3n) is 4.93. The predicted octanol–water partition coefficient (Wildman–Crippen LogP) is 2.95. The van der Waals surface area contributed by atoms with Crippen LogP contribution >= 0.6 is 11.6 Å². The lowest BCUT2D eigenvalue weighted by atomic mass is 10.1. The highest BCUT2D eigenvalue weighted by Gasteiger charge is 2.25. The van der Waals surface area contributed by atoms with Crippen LogP contribution in [0.3, 0.4) is 0 Å². The molecule has 0 radical (unpaired) electrons. The van der Waals surface area contributed by atoms with Gasteiger partial charge in [0.2, 0.25) is 0 Å². The average molecular weight is 385 g/mol. The number of amides is 1. The van der Waals surface area contributed by atoms with Gasteiger partial charge in [0.25, 0.3) is 5.91 Å². The zero-order valence-electron chi connectivity index (χ0n) is 15.1. The third kappa shape index (κ3) is 3.63. The Morgan fingerprint density at radius 3 is 2.78 bits per heavy atom. The smallest absolute Gasteiger partial charge is 0.257 e. The Balaban J connectivity index is 1.42. The summed E-state index contributed by atoms with van der Waals surface area (Å²) in [6, 6.07) is 11.1. The van der Waals surface area contributed by atoms with E-state index < -0.39 is 0 Å². The van der Waals surface area contributed by atoms with Gasteiger partial charge in [-0.15, -0.1) is 0 Å². The molecule has 4 rings (SSSR count). The minimum absolute atomic E-state index is 0.0381. The minimum Gasteiger partial charge on any atom is -0.496 e. The zero-order valence-corrected chi connectivity index (χ0v) is 15.9. The van der Waals surface area contributed by atoms with Crippen molar-refractivity contribution in [3.63, 3.8) is 0 Å². The second-order valence-electron chi connectivity index (χ2n) is 6.59. The average Bonchev–Trinajstić information content (AvgIpc) is 3.11. The summed E-state index contributed by atoms with van der Waals surface area (Å²) in [6.07, 6.45) is 3.95. The van der Waals surface area contributed by atoms with E-state index in [9.17, 15) is 4.79 Å². The van der Waals surface area contributed by atoms with Crippen molar-refractivity contribution in [2.45, 2.75) is 6.54 Å². The number of hydrogen-bond donors (Lipinski definition) is 0. The molecule has 1 fully saturated rings. The van der Waals surface area contributed by atoms with Crippen LogP contribution in [0, 0.1) is 0 Å². The molecule has 3 aromatic rings. The largest absolute Gasteiger partial charge is 0.496 e. The molecule has 1 aromatic carbocycles. The van der Waals surface area contributed by atoms with E-state index in [4.69, 9.17) is 16.3 Å². The van der Waals surface area contributed by atoms with Crippen molar-refractivity contribution in [1.29, 1.82) is 0 Å². The van der Waals surface area contributed by atoms with Gasteiger partial charge in [-0.05, 0) is 30.3 Å². The summed E-state index contributed by atoms with van der Waals surface area (Å²) in [5, 5.41) is 0.533. The van der Waals surface area contributed by atoms with Gasteiger partial charge in [-0.25, -0.2) is 4.98 Å². The van der Waals surface area contributed by atoms with Crippen LogP contribution < -0.4 is 4.74 Å². The SMILES string of the molecule is COc1ccc(Cl)cc1C(=O)N1CCN(Cc2cnc3ccccn23)CC1. The van der Waals surface area contributed by atoms with Gasteiger partial charge in [0.05, 0.1) is 24.6 Å². The third-order valence-corrected chi connectivity index (χ3v) is 5.17. The Labute approximate surface area is 162 Å². The Kier molecular flexibility index (Phi) is 5.01. The topological polar surface area (TPSA) is 50.1 Å². The lowest BCUT2D eigenvalue weighted by Gasteiger charge is -2.34. The molecule has 27 heavy (non-hydrogen) atoms. The molecule has 0 spiro atoms. The number of methoxy groups -OCH3 is 1. The lowest BCUT2D eigenvalue weighted by molar-refractivity contribution is 0.0623. The van der Waals surface area contributed by atoms with Crippen LogP contribution in [0.2, 0.25) is 5.02 Å². The van der Waals surface area contributed by atoms with Crippen LogP contribution in [-0.4, -0.2) is 58.4 Å². The highest BCUT2D eigenvalue weighted by molar-refractivity contribution is 6.31. The quantitative estimate of drug-likeness (QED) is 0.694. The molecule has 0 N–H and O–H groups in total. The Hall–Kier alpha value is -2.57. The van der Waals surface area contributed by atoms with Crippen molar-refractivity contribution in [3.05, 3.63) is 65.1 Å². The second kappa shape index (κ2) is 7.58. The normalized spacial score (nSPS) is 15.3. The van der Waals surface area contributed by atoms with Gasteiger partial charge in [0, 0.05) is 43.9 Å². The number of fused-ring (bicyclic) bond motifs is 1. The summed E-state index contributed by atoms with van der Waals surface area (Å²) in [5.41, 5.74) is 2.62. The Morgan fingerprint density at radius 1 is 1.19 bits per heavy atom. The molecule has 3 heterocycles. The molecule has 6 nitrogen and oxygen atoms in total. The van der Waals surface area contributed by atoms with Crippen LogP contribution in [0.5, 0.6) is 5.75 Å². The molecule has 0 atom stereocenters. The number of benzene rings is 1. The molecule has 140 valence electrons. The number of aromatic nitrogens is 2. The van der Waals surface area contributed by atoms with Crippen LogP contribution in [0.15, 0.2) is 48.8 Å². The molecule has 2 aromatic heterocycles. The molecule has 1 amide bonds. The number of hydrogen-bond acceptors (Lipinski definition) is 4. The van der Waals surface area contributed by atoms with Gasteiger partial charge in [0.1, 0.15) is 11.4 Å². The molecule has 0 bridgehead atoms. The predicted molar refractivity (Wildman–Crippen MR) is 104 cm³/mol. The summed E-state index contributed by atoms with van der Waals surface area (Å²) in [4.78, 5) is 21.5. The standard InChI is InChI=1S/C20H21ClN4O2/c1-27-18-6-5-15(21)12-17(18)20(26)24-10-8-23(9-11-24)14-16-13-22-19-4-2-3-7-25(16)19/h2-7,12-13H,8-11,14H2,1H3. The van der Waals surface area contributed by atoms with E-state index in [0.717, 1.165) is 31.0 Å². The summed E-state index contributed by atoms with van der Waals surface area (Å²) < 4.78 is 7.42. The van der Waals surface area contributed by atoms with Crippen LogP contribution in [0.4, 0.5) is 0 Å². The first-order valence-electron chi connectivity index (χ1n) is 8.92. The van der Waals surface area contributed by atoms with Crippen LogP contribution in [-0.2, 0) is 6.54 Å². The first-order valence-corrected chi connectivity index (χ1v) is 9.29. The number of piperazine rings is 1. The monoisotopic (exact) mass is 384 g/mol. The summed E-state index contributed by atoms with van der Waals surface area (Å²) in [6.45, 7) is 3.79. The molecule has 1 saturated heterocycles. The van der Waals surface area contributed by atoms with E-state index in [1.165, 1.54) is 0 Å². The Morgan fingerprint density at radius 2 is 2.00 bits per heavy atom. The van der Waals surface area contributed by atoms with Crippen molar-refractivity contribution in [3.8, 4) is 5.75 Å². The van der Waals surface area contributed by atoms with E-state index in [2.05, 4.69) is 14.3 Å². The molecule has 1 aliphatic heterocycles. The summed E-state index contributed by atoms with van der Waals surface area (Å²) >= 11 is 6.06. The summed E-state index contributed by atoms with van der Waals surface area (Å²) in [5.74, 6) is 0.515. The second-order valence-corrected chi connectivity index (χ2v) is 7.03. The first-order chi connectivity index (χ1) is 13.2. The number of nitrogens with zero attached hydrogens (tertiary/aromatic N) is 4. The number of rotatable bonds is 4. The molecule has 1 aliphatic rings. The van der Waals surface area contributed by atoms with Crippen molar-refractivity contribution < 1.29 is 9.53 Å². The van der Waals surface area contributed by atoms with Gasteiger partial charge >= 0.3 is 0 Å². The van der Waals surface area contributed by atoms with Gasteiger partial charge in [-0.3, -0.25) is 9.69 Å². The number of halogens is 1. The number of carbonyl (C=O) groups excluding carboxylic acids is 1. The number of carbonyl (C=O) groups is 1. The number of imidazole rings is 1. The zero-order chi connectivity index (χ0) is 18.8. The highest BCUT2D eigenvalue weighted by Crippen LogP contribution is 2.24. The van der Waals surface area contributed by atoms with Gasteiger partial charge in [-0.2, -0.15) is 0 Å². The molecular weight excluding hydrogens is 364 g/mol. The maximum atomic E-state index is 12.9. The fourth-order valence-electron chi connectivity index (χ4n) is 3.46. The minimum atomic E-state index is -0.0381.